The van der Waals surface area contributed by atoms with Gasteiger partial charge in [-0.1, -0.05) is 18.2 Å². The van der Waals surface area contributed by atoms with Gasteiger partial charge in [0.05, 0.1) is 13.5 Å². The van der Waals surface area contributed by atoms with E-state index in [-0.39, 0.29) is 17.9 Å². The molecule has 2 aromatic rings. The summed E-state index contributed by atoms with van der Waals surface area (Å²) in [5.41, 5.74) is 1.24. The molecular weight excluding hydrogens is 260 g/mol. The summed E-state index contributed by atoms with van der Waals surface area (Å²) < 4.78 is 5.22. The first-order chi connectivity index (χ1) is 9.52. The van der Waals surface area contributed by atoms with E-state index in [0.29, 0.717) is 22.4 Å². The molecule has 3 N–H and O–H groups in total. The second-order valence-electron chi connectivity index (χ2n) is 4.27. The number of aromatic hydroxyl groups is 2. The van der Waals surface area contributed by atoms with Gasteiger partial charge in [-0.3, -0.25) is 4.79 Å². The van der Waals surface area contributed by atoms with E-state index in [9.17, 15) is 15.0 Å². The van der Waals surface area contributed by atoms with Crippen LogP contribution in [0.4, 0.5) is 0 Å². The Morgan fingerprint density at radius 2 is 1.90 bits per heavy atom. The van der Waals surface area contributed by atoms with Crippen LogP contribution in [0.15, 0.2) is 36.4 Å². The van der Waals surface area contributed by atoms with E-state index in [1.165, 1.54) is 19.2 Å². The van der Waals surface area contributed by atoms with E-state index < -0.39 is 5.97 Å². The second kappa shape index (κ2) is 5.52. The summed E-state index contributed by atoms with van der Waals surface area (Å²) in [4.78, 5) is 10.9. The summed E-state index contributed by atoms with van der Waals surface area (Å²) in [7, 11) is 1.49. The van der Waals surface area contributed by atoms with Gasteiger partial charge in [0.2, 0.25) is 0 Å². The van der Waals surface area contributed by atoms with Gasteiger partial charge in [-0.2, -0.15) is 0 Å². The van der Waals surface area contributed by atoms with Crippen LogP contribution < -0.4 is 4.74 Å². The molecule has 2 aromatic carbocycles. The normalized spacial score (nSPS) is 10.2. The molecular formula is C15H14O5. The highest BCUT2D eigenvalue weighted by Gasteiger charge is 2.17. The van der Waals surface area contributed by atoms with Crippen LogP contribution in [0.1, 0.15) is 5.56 Å². The van der Waals surface area contributed by atoms with Gasteiger partial charge in [0.1, 0.15) is 17.2 Å². The van der Waals surface area contributed by atoms with Crippen molar-refractivity contribution in [1.29, 1.82) is 0 Å². The number of benzene rings is 2. The van der Waals surface area contributed by atoms with Gasteiger partial charge in [0.15, 0.2) is 0 Å². The van der Waals surface area contributed by atoms with Crippen LogP contribution in [-0.2, 0) is 11.2 Å². The predicted molar refractivity (Wildman–Crippen MR) is 73.1 cm³/mol. The van der Waals surface area contributed by atoms with Gasteiger partial charge in [-0.25, -0.2) is 0 Å². The number of carboxylic acids is 1. The topological polar surface area (TPSA) is 87.0 Å². The first-order valence-electron chi connectivity index (χ1n) is 5.93. The summed E-state index contributed by atoms with van der Waals surface area (Å²) in [5, 5.41) is 28.5. The van der Waals surface area contributed by atoms with Crippen LogP contribution in [0.2, 0.25) is 0 Å². The molecule has 0 radical (unpaired) electrons. The highest BCUT2D eigenvalue weighted by Crippen LogP contribution is 2.40. The monoisotopic (exact) mass is 274 g/mol. The van der Waals surface area contributed by atoms with Gasteiger partial charge in [0, 0.05) is 17.2 Å². The van der Waals surface area contributed by atoms with E-state index in [1.54, 1.807) is 24.3 Å². The number of para-hydroxylation sites is 1. The third kappa shape index (κ3) is 2.66. The molecule has 0 spiro atoms. The first-order valence-corrected chi connectivity index (χ1v) is 5.93. The fourth-order valence-corrected chi connectivity index (χ4v) is 2.13. The van der Waals surface area contributed by atoms with Crippen LogP contribution in [0.5, 0.6) is 17.2 Å². The highest BCUT2D eigenvalue weighted by molar-refractivity contribution is 5.83. The zero-order valence-corrected chi connectivity index (χ0v) is 10.8. The molecule has 0 saturated carbocycles. The molecule has 5 nitrogen and oxygen atoms in total. The van der Waals surface area contributed by atoms with Crippen molar-refractivity contribution >= 4 is 5.97 Å². The molecule has 2 rings (SSSR count). The zero-order valence-electron chi connectivity index (χ0n) is 10.8. The van der Waals surface area contributed by atoms with E-state index in [2.05, 4.69) is 0 Å². The third-order valence-corrected chi connectivity index (χ3v) is 2.90. The van der Waals surface area contributed by atoms with Crippen LogP contribution in [0.25, 0.3) is 11.1 Å². The number of ether oxygens (including phenoxy) is 1. The van der Waals surface area contributed by atoms with E-state index >= 15 is 0 Å². The summed E-state index contributed by atoms with van der Waals surface area (Å²) in [6, 6.07) is 9.47. The lowest BCUT2D eigenvalue weighted by Crippen LogP contribution is -2.02. The predicted octanol–water partition coefficient (Wildman–Crippen LogP) is 2.40. The fraction of sp³-hybridized carbons (Fsp3) is 0.133. The summed E-state index contributed by atoms with van der Waals surface area (Å²) in [6.45, 7) is 0. The molecule has 0 unspecified atom stereocenters. The van der Waals surface area contributed by atoms with Crippen molar-refractivity contribution in [2.24, 2.45) is 0 Å². The Hall–Kier alpha value is -2.69. The molecule has 104 valence electrons. The number of methoxy groups -OCH3 is 1. The number of hydrogen-bond donors (Lipinski definition) is 3. The lowest BCUT2D eigenvalue weighted by atomic mass is 9.95. The number of phenols is 2. The number of phenolic OH excluding ortho intramolecular Hbond substituents is 2. The van der Waals surface area contributed by atoms with Crippen molar-refractivity contribution in [2.75, 3.05) is 7.11 Å². The van der Waals surface area contributed by atoms with Crippen LogP contribution in [0.3, 0.4) is 0 Å². The summed E-state index contributed by atoms with van der Waals surface area (Å²) in [5.74, 6) is -0.908. The Balaban J connectivity index is 2.68. The molecule has 0 heterocycles. The maximum absolute atomic E-state index is 10.9. The largest absolute Gasteiger partial charge is 0.508 e. The molecule has 0 atom stereocenters. The minimum absolute atomic E-state index is 0.183. The quantitative estimate of drug-likeness (QED) is 0.797. The van der Waals surface area contributed by atoms with E-state index in [1.807, 2.05) is 0 Å². The molecule has 0 saturated heterocycles. The molecule has 0 aliphatic rings. The van der Waals surface area contributed by atoms with Crippen LogP contribution in [0, 0.1) is 0 Å². The van der Waals surface area contributed by atoms with Crippen LogP contribution >= 0.6 is 0 Å². The maximum Gasteiger partial charge on any atom is 0.307 e. The van der Waals surface area contributed by atoms with Crippen molar-refractivity contribution in [2.45, 2.75) is 6.42 Å². The van der Waals surface area contributed by atoms with Crippen molar-refractivity contribution < 1.29 is 24.9 Å². The Morgan fingerprint density at radius 1 is 1.20 bits per heavy atom. The zero-order chi connectivity index (χ0) is 14.7. The van der Waals surface area contributed by atoms with Crippen molar-refractivity contribution in [3.8, 4) is 28.4 Å². The second-order valence-corrected chi connectivity index (χ2v) is 4.27. The van der Waals surface area contributed by atoms with E-state index in [0.717, 1.165) is 0 Å². The van der Waals surface area contributed by atoms with Crippen molar-refractivity contribution in [3.63, 3.8) is 0 Å². The molecule has 0 aliphatic heterocycles. The molecule has 0 amide bonds. The number of carbonyl (C=O) groups is 1. The third-order valence-electron chi connectivity index (χ3n) is 2.90. The SMILES string of the molecule is COc1ccccc1-c1c(O)cc(O)cc1CC(=O)O. The summed E-state index contributed by atoms with van der Waals surface area (Å²) >= 11 is 0. The highest BCUT2D eigenvalue weighted by atomic mass is 16.5. The Bertz CT molecular complexity index is 649. The Labute approximate surface area is 115 Å². The standard InChI is InChI=1S/C15H14O5/c1-20-13-5-3-2-4-11(13)15-9(7-14(18)19)6-10(16)8-12(15)17/h2-6,8,16-17H,7H2,1H3,(H,18,19). The minimum Gasteiger partial charge on any atom is -0.508 e. The molecule has 0 aromatic heterocycles. The molecule has 0 fully saturated rings. The number of hydrogen-bond acceptors (Lipinski definition) is 4. The van der Waals surface area contributed by atoms with Gasteiger partial charge in [0.25, 0.3) is 0 Å². The van der Waals surface area contributed by atoms with Crippen molar-refractivity contribution in [3.05, 3.63) is 42.0 Å². The number of aliphatic carboxylic acids is 1. The van der Waals surface area contributed by atoms with Gasteiger partial charge in [-0.05, 0) is 17.7 Å². The summed E-state index contributed by atoms with van der Waals surface area (Å²) in [6.07, 6.45) is -0.310. The molecule has 0 aliphatic carbocycles. The lowest BCUT2D eigenvalue weighted by Gasteiger charge is -2.14. The smallest absolute Gasteiger partial charge is 0.307 e. The fourth-order valence-electron chi connectivity index (χ4n) is 2.13. The van der Waals surface area contributed by atoms with Crippen molar-refractivity contribution in [1.82, 2.24) is 0 Å². The lowest BCUT2D eigenvalue weighted by molar-refractivity contribution is -0.136. The minimum atomic E-state index is -1.05. The van der Waals surface area contributed by atoms with Gasteiger partial charge in [-0.15, -0.1) is 0 Å². The van der Waals surface area contributed by atoms with Crippen LogP contribution in [-0.4, -0.2) is 28.4 Å². The maximum atomic E-state index is 10.9. The molecule has 5 heteroatoms. The Kier molecular flexibility index (Phi) is 3.79. The average molecular weight is 274 g/mol. The molecule has 20 heavy (non-hydrogen) atoms. The first kappa shape index (κ1) is 13.7. The Morgan fingerprint density at radius 3 is 2.55 bits per heavy atom. The van der Waals surface area contributed by atoms with Gasteiger partial charge >= 0.3 is 5.97 Å². The molecule has 0 bridgehead atoms. The van der Waals surface area contributed by atoms with Gasteiger partial charge < -0.3 is 20.1 Å². The van der Waals surface area contributed by atoms with E-state index in [4.69, 9.17) is 9.84 Å². The average Bonchev–Trinajstić information content (AvgIpc) is 2.37. The number of rotatable bonds is 4. The number of carboxylic acid groups (broad SMARTS) is 1.